The van der Waals surface area contributed by atoms with Gasteiger partial charge < -0.3 is 5.32 Å². The molecule has 1 rings (SSSR count). The second-order valence-electron chi connectivity index (χ2n) is 4.26. The number of halogens is 3. The first-order valence-electron chi connectivity index (χ1n) is 5.07. The van der Waals surface area contributed by atoms with Gasteiger partial charge in [-0.3, -0.25) is 0 Å². The molecular weight excluding hydrogens is 241 g/mol. The molecule has 0 aliphatic rings. The fraction of sp³-hybridized carbons (Fsp3) is 0.308. The Balaban J connectivity index is 3.19. The fourth-order valence-corrected chi connectivity index (χ4v) is 1.29. The van der Waals surface area contributed by atoms with E-state index in [1.807, 2.05) is 0 Å². The number of hydrogen-bond donors (Lipinski definition) is 1. The lowest BCUT2D eigenvalue weighted by Crippen LogP contribution is -2.28. The third-order valence-corrected chi connectivity index (χ3v) is 2.28. The maximum absolute atomic E-state index is 12.5. The van der Waals surface area contributed by atoms with Crippen LogP contribution in [0.1, 0.15) is 25.0 Å². The van der Waals surface area contributed by atoms with Gasteiger partial charge in [0.2, 0.25) is 0 Å². The van der Waals surface area contributed by atoms with Crippen molar-refractivity contribution in [1.29, 1.82) is 5.26 Å². The molecular formula is C13H11F3N2. The molecule has 0 atom stereocenters. The highest BCUT2D eigenvalue weighted by Crippen LogP contribution is 2.32. The van der Waals surface area contributed by atoms with Crippen molar-refractivity contribution >= 4 is 5.69 Å². The van der Waals surface area contributed by atoms with Crippen LogP contribution < -0.4 is 5.32 Å². The van der Waals surface area contributed by atoms with Crippen LogP contribution in [0.3, 0.4) is 0 Å². The highest BCUT2D eigenvalue weighted by atomic mass is 19.4. The summed E-state index contributed by atoms with van der Waals surface area (Å²) in [6, 6.07) is 4.65. The lowest BCUT2D eigenvalue weighted by Gasteiger charge is -2.22. The third kappa shape index (κ3) is 3.18. The standard InChI is InChI=1S/C13H11F3N2/c1-4-12(2,3)18-11-6-5-10(13(14,15)16)7-9(11)8-17/h1,5-7,18H,2-3H3. The number of alkyl halides is 3. The van der Waals surface area contributed by atoms with Crippen molar-refractivity contribution in [3.63, 3.8) is 0 Å². The molecule has 1 aromatic carbocycles. The van der Waals surface area contributed by atoms with Gasteiger partial charge in [0.25, 0.3) is 0 Å². The molecule has 5 heteroatoms. The number of nitrogens with one attached hydrogen (secondary N) is 1. The van der Waals surface area contributed by atoms with E-state index in [4.69, 9.17) is 11.7 Å². The zero-order chi connectivity index (χ0) is 14.0. The minimum atomic E-state index is -4.47. The summed E-state index contributed by atoms with van der Waals surface area (Å²) in [5.41, 5.74) is -1.41. The summed E-state index contributed by atoms with van der Waals surface area (Å²) in [5.74, 6) is 2.44. The maximum Gasteiger partial charge on any atom is 0.416 e. The predicted molar refractivity (Wildman–Crippen MR) is 62.7 cm³/mol. The number of rotatable bonds is 2. The molecule has 2 nitrogen and oxygen atoms in total. The Hall–Kier alpha value is -2.14. The van der Waals surface area contributed by atoms with E-state index in [-0.39, 0.29) is 11.3 Å². The van der Waals surface area contributed by atoms with E-state index < -0.39 is 17.3 Å². The second kappa shape index (κ2) is 4.62. The molecule has 0 saturated carbocycles. The van der Waals surface area contributed by atoms with Crippen molar-refractivity contribution < 1.29 is 13.2 Å². The SMILES string of the molecule is C#CC(C)(C)Nc1ccc(C(F)(F)F)cc1C#N. The summed E-state index contributed by atoms with van der Waals surface area (Å²) in [4.78, 5) is 0. The molecule has 0 unspecified atom stereocenters. The second-order valence-corrected chi connectivity index (χ2v) is 4.26. The van der Waals surface area contributed by atoms with Gasteiger partial charge in [-0.25, -0.2) is 0 Å². The topological polar surface area (TPSA) is 35.8 Å². The van der Waals surface area contributed by atoms with Crippen LogP contribution in [0.2, 0.25) is 0 Å². The van der Waals surface area contributed by atoms with E-state index >= 15 is 0 Å². The van der Waals surface area contributed by atoms with Crippen molar-refractivity contribution in [2.24, 2.45) is 0 Å². The molecule has 18 heavy (non-hydrogen) atoms. The lowest BCUT2D eigenvalue weighted by atomic mass is 10.0. The number of terminal acetylenes is 1. The Morgan fingerprint density at radius 2 is 1.89 bits per heavy atom. The summed E-state index contributed by atoms with van der Waals surface area (Å²) < 4.78 is 37.4. The van der Waals surface area contributed by atoms with E-state index in [0.29, 0.717) is 0 Å². The highest BCUT2D eigenvalue weighted by Gasteiger charge is 2.31. The largest absolute Gasteiger partial charge is 0.416 e. The van der Waals surface area contributed by atoms with E-state index in [2.05, 4.69) is 11.2 Å². The number of hydrogen-bond acceptors (Lipinski definition) is 2. The minimum absolute atomic E-state index is 0.0897. The first-order valence-corrected chi connectivity index (χ1v) is 5.07. The quantitative estimate of drug-likeness (QED) is 0.819. The van der Waals surface area contributed by atoms with Crippen LogP contribution in [0.5, 0.6) is 0 Å². The molecule has 94 valence electrons. The Bertz CT molecular complexity index is 531. The summed E-state index contributed by atoms with van der Waals surface area (Å²) in [6.07, 6.45) is 0.803. The van der Waals surface area contributed by atoms with E-state index in [9.17, 15) is 13.2 Å². The Labute approximate surface area is 103 Å². The molecule has 1 N–H and O–H groups in total. The zero-order valence-corrected chi connectivity index (χ0v) is 9.89. The van der Waals surface area contributed by atoms with Crippen LogP contribution in [0.15, 0.2) is 18.2 Å². The Morgan fingerprint density at radius 1 is 1.28 bits per heavy atom. The van der Waals surface area contributed by atoms with Gasteiger partial charge in [-0.05, 0) is 32.0 Å². The van der Waals surface area contributed by atoms with Crippen molar-refractivity contribution in [1.82, 2.24) is 0 Å². The molecule has 1 aromatic rings. The molecule has 0 bridgehead atoms. The van der Waals surface area contributed by atoms with Gasteiger partial charge in [0, 0.05) is 0 Å². The van der Waals surface area contributed by atoms with Crippen molar-refractivity contribution in [3.8, 4) is 18.4 Å². The monoisotopic (exact) mass is 252 g/mol. The molecule has 0 amide bonds. The molecule has 0 aliphatic carbocycles. The lowest BCUT2D eigenvalue weighted by molar-refractivity contribution is -0.137. The average Bonchev–Trinajstić information content (AvgIpc) is 2.27. The minimum Gasteiger partial charge on any atom is -0.368 e. The number of nitriles is 1. The van der Waals surface area contributed by atoms with Crippen LogP contribution >= 0.6 is 0 Å². The van der Waals surface area contributed by atoms with Gasteiger partial charge >= 0.3 is 6.18 Å². The summed E-state index contributed by atoms with van der Waals surface area (Å²) in [7, 11) is 0. The fourth-order valence-electron chi connectivity index (χ4n) is 1.29. The Morgan fingerprint density at radius 3 is 2.33 bits per heavy atom. The van der Waals surface area contributed by atoms with E-state index in [0.717, 1.165) is 12.1 Å². The maximum atomic E-state index is 12.5. The van der Waals surface area contributed by atoms with Crippen LogP contribution in [0, 0.1) is 23.7 Å². The molecule has 0 radical (unpaired) electrons. The normalized spacial score (nSPS) is 11.5. The smallest absolute Gasteiger partial charge is 0.368 e. The van der Waals surface area contributed by atoms with Gasteiger partial charge in [0.1, 0.15) is 6.07 Å². The predicted octanol–water partition coefficient (Wildman–Crippen LogP) is 3.40. The van der Waals surface area contributed by atoms with Gasteiger partial charge in [-0.2, -0.15) is 18.4 Å². The molecule has 0 heterocycles. The molecule has 0 saturated heterocycles. The zero-order valence-electron chi connectivity index (χ0n) is 9.89. The van der Waals surface area contributed by atoms with Crippen LogP contribution in [0.4, 0.5) is 18.9 Å². The van der Waals surface area contributed by atoms with Crippen molar-refractivity contribution in [2.75, 3.05) is 5.32 Å². The van der Waals surface area contributed by atoms with Gasteiger partial charge in [0.05, 0.1) is 22.4 Å². The third-order valence-electron chi connectivity index (χ3n) is 2.28. The highest BCUT2D eigenvalue weighted by molar-refractivity contribution is 5.61. The molecule has 0 fully saturated rings. The summed E-state index contributed by atoms with van der Waals surface area (Å²) in [5, 5.41) is 11.7. The van der Waals surface area contributed by atoms with Crippen LogP contribution in [-0.4, -0.2) is 5.54 Å². The van der Waals surface area contributed by atoms with E-state index in [1.54, 1.807) is 19.9 Å². The van der Waals surface area contributed by atoms with Gasteiger partial charge in [-0.15, -0.1) is 6.42 Å². The number of anilines is 1. The number of benzene rings is 1. The van der Waals surface area contributed by atoms with Crippen molar-refractivity contribution in [3.05, 3.63) is 29.3 Å². The number of nitrogens with zero attached hydrogens (tertiary/aromatic N) is 1. The van der Waals surface area contributed by atoms with Crippen LogP contribution in [0.25, 0.3) is 0 Å². The Kier molecular flexibility index (Phi) is 3.57. The van der Waals surface area contributed by atoms with Gasteiger partial charge in [-0.1, -0.05) is 5.92 Å². The van der Waals surface area contributed by atoms with Gasteiger partial charge in [0.15, 0.2) is 0 Å². The van der Waals surface area contributed by atoms with E-state index in [1.165, 1.54) is 6.07 Å². The first kappa shape index (κ1) is 13.9. The summed E-state index contributed by atoms with van der Waals surface area (Å²) in [6.45, 7) is 3.37. The van der Waals surface area contributed by atoms with Crippen molar-refractivity contribution in [2.45, 2.75) is 25.6 Å². The summed E-state index contributed by atoms with van der Waals surface area (Å²) >= 11 is 0. The van der Waals surface area contributed by atoms with Crippen LogP contribution in [-0.2, 0) is 6.18 Å². The molecule has 0 aliphatic heterocycles. The average molecular weight is 252 g/mol. The molecule has 0 spiro atoms. The first-order chi connectivity index (χ1) is 8.19. The molecule has 0 aromatic heterocycles.